The predicted molar refractivity (Wildman–Crippen MR) is 80.1 cm³/mol. The van der Waals surface area contributed by atoms with Gasteiger partial charge in [-0.15, -0.1) is 0 Å². The fourth-order valence-corrected chi connectivity index (χ4v) is 2.66. The summed E-state index contributed by atoms with van der Waals surface area (Å²) >= 11 is 0. The zero-order valence-corrected chi connectivity index (χ0v) is 12.6. The Morgan fingerprint density at radius 1 is 1.11 bits per heavy atom. The molecule has 0 unspecified atom stereocenters. The van der Waals surface area contributed by atoms with Crippen molar-refractivity contribution in [2.24, 2.45) is 5.73 Å². The van der Waals surface area contributed by atoms with Crippen LogP contribution in [0, 0.1) is 0 Å². The fourth-order valence-electron chi connectivity index (χ4n) is 2.66. The molecule has 1 amide bonds. The predicted octanol–water partition coefficient (Wildman–Crippen LogP) is 1.84. The van der Waals surface area contributed by atoms with Gasteiger partial charge in [0, 0.05) is 26.6 Å². The summed E-state index contributed by atoms with van der Waals surface area (Å²) in [7, 11) is 1.88. The van der Waals surface area contributed by atoms with Crippen molar-refractivity contribution in [1.82, 2.24) is 9.80 Å². The summed E-state index contributed by atoms with van der Waals surface area (Å²) in [5.74, 6) is 0.177. The molecule has 0 aliphatic carbocycles. The first-order valence-electron chi connectivity index (χ1n) is 7.90. The number of nitrogens with two attached hydrogens (primary N) is 1. The second-order valence-electron chi connectivity index (χ2n) is 5.67. The fraction of sp³-hybridized carbons (Fsp3) is 0.933. The molecule has 112 valence electrons. The Balaban J connectivity index is 1.91. The molecule has 0 spiro atoms. The molecule has 4 nitrogen and oxygen atoms in total. The molecule has 4 heteroatoms. The van der Waals surface area contributed by atoms with E-state index in [1.54, 1.807) is 0 Å². The smallest absolute Gasteiger partial charge is 0.223 e. The molecule has 1 saturated heterocycles. The maximum Gasteiger partial charge on any atom is 0.223 e. The molecule has 19 heavy (non-hydrogen) atoms. The maximum absolute atomic E-state index is 11.5. The molecule has 0 aromatic carbocycles. The molecule has 1 aliphatic rings. The second kappa shape index (κ2) is 10.2. The Morgan fingerprint density at radius 3 is 2.47 bits per heavy atom. The number of amides is 1. The van der Waals surface area contributed by atoms with Gasteiger partial charge in [-0.25, -0.2) is 0 Å². The van der Waals surface area contributed by atoms with Gasteiger partial charge in [-0.1, -0.05) is 19.3 Å². The van der Waals surface area contributed by atoms with E-state index in [9.17, 15) is 4.79 Å². The van der Waals surface area contributed by atoms with Crippen molar-refractivity contribution in [3.8, 4) is 0 Å². The first kappa shape index (κ1) is 16.4. The van der Waals surface area contributed by atoms with E-state index in [2.05, 4.69) is 4.90 Å². The van der Waals surface area contributed by atoms with E-state index in [0.29, 0.717) is 13.0 Å². The van der Waals surface area contributed by atoms with Crippen LogP contribution in [-0.4, -0.2) is 55.5 Å². The Morgan fingerprint density at radius 2 is 1.79 bits per heavy atom. The van der Waals surface area contributed by atoms with Gasteiger partial charge in [0.15, 0.2) is 0 Å². The lowest BCUT2D eigenvalue weighted by Crippen LogP contribution is -2.30. The van der Waals surface area contributed by atoms with E-state index in [1.807, 2.05) is 11.9 Å². The van der Waals surface area contributed by atoms with E-state index in [0.717, 1.165) is 13.0 Å². The van der Waals surface area contributed by atoms with Crippen LogP contribution in [0.5, 0.6) is 0 Å². The first-order valence-corrected chi connectivity index (χ1v) is 7.90. The number of hydrogen-bond acceptors (Lipinski definition) is 3. The van der Waals surface area contributed by atoms with Crippen LogP contribution in [0.3, 0.4) is 0 Å². The average Bonchev–Trinajstić information content (AvgIpc) is 2.43. The molecule has 2 N–H and O–H groups in total. The molecular weight excluding hydrogens is 238 g/mol. The SMILES string of the molecule is CN(CCCCCCN1CCCCC1)C(=O)CCN. The van der Waals surface area contributed by atoms with Crippen molar-refractivity contribution >= 4 is 5.91 Å². The molecule has 0 saturated carbocycles. The summed E-state index contributed by atoms with van der Waals surface area (Å²) in [6.07, 6.45) is 9.60. The standard InChI is InChI=1S/C15H31N3O/c1-17(15(19)9-10-16)11-5-2-3-6-12-18-13-7-4-8-14-18/h2-14,16H2,1H3. The first-order chi connectivity index (χ1) is 9.24. The van der Waals surface area contributed by atoms with Gasteiger partial charge in [-0.2, -0.15) is 0 Å². The quantitative estimate of drug-likeness (QED) is 0.650. The van der Waals surface area contributed by atoms with Crippen LogP contribution in [0.1, 0.15) is 51.4 Å². The van der Waals surface area contributed by atoms with Gasteiger partial charge in [0.2, 0.25) is 5.91 Å². The molecule has 0 radical (unpaired) electrons. The largest absolute Gasteiger partial charge is 0.346 e. The normalized spacial score (nSPS) is 16.5. The summed E-state index contributed by atoms with van der Waals surface area (Å²) in [5, 5.41) is 0. The number of likely N-dealkylation sites (tertiary alicyclic amines) is 1. The number of piperidine rings is 1. The number of nitrogens with zero attached hydrogens (tertiary/aromatic N) is 2. The van der Waals surface area contributed by atoms with E-state index >= 15 is 0 Å². The monoisotopic (exact) mass is 269 g/mol. The van der Waals surface area contributed by atoms with Crippen molar-refractivity contribution in [2.45, 2.75) is 51.4 Å². The zero-order valence-electron chi connectivity index (χ0n) is 12.6. The van der Waals surface area contributed by atoms with Gasteiger partial charge in [0.05, 0.1) is 0 Å². The highest BCUT2D eigenvalue weighted by molar-refractivity contribution is 5.75. The third kappa shape index (κ3) is 7.53. The Hall–Kier alpha value is -0.610. The van der Waals surface area contributed by atoms with Crippen LogP contribution in [0.15, 0.2) is 0 Å². The van der Waals surface area contributed by atoms with Gasteiger partial charge in [-0.05, 0) is 45.3 Å². The van der Waals surface area contributed by atoms with Crippen molar-refractivity contribution in [2.75, 3.05) is 39.8 Å². The summed E-state index contributed by atoms with van der Waals surface area (Å²) < 4.78 is 0. The van der Waals surface area contributed by atoms with Crippen LogP contribution in [0.4, 0.5) is 0 Å². The molecule has 0 atom stereocenters. The molecule has 1 fully saturated rings. The molecule has 1 aliphatic heterocycles. The lowest BCUT2D eigenvalue weighted by molar-refractivity contribution is -0.129. The minimum absolute atomic E-state index is 0.177. The van der Waals surface area contributed by atoms with Gasteiger partial charge >= 0.3 is 0 Å². The zero-order chi connectivity index (χ0) is 13.9. The van der Waals surface area contributed by atoms with Crippen LogP contribution in [0.25, 0.3) is 0 Å². The molecule has 0 aromatic rings. The van der Waals surface area contributed by atoms with Crippen molar-refractivity contribution < 1.29 is 4.79 Å². The third-order valence-electron chi connectivity index (χ3n) is 3.95. The molecule has 0 aromatic heterocycles. The molecule has 0 bridgehead atoms. The van der Waals surface area contributed by atoms with Crippen molar-refractivity contribution in [1.29, 1.82) is 0 Å². The summed E-state index contributed by atoms with van der Waals surface area (Å²) in [6.45, 7) is 5.20. The highest BCUT2D eigenvalue weighted by atomic mass is 16.2. The lowest BCUT2D eigenvalue weighted by atomic mass is 10.1. The Bertz CT molecular complexity index is 240. The number of rotatable bonds is 9. The Kier molecular flexibility index (Phi) is 8.84. The number of hydrogen-bond donors (Lipinski definition) is 1. The van der Waals surface area contributed by atoms with Crippen molar-refractivity contribution in [3.63, 3.8) is 0 Å². The highest BCUT2D eigenvalue weighted by Gasteiger charge is 2.09. The minimum atomic E-state index is 0.177. The average molecular weight is 269 g/mol. The Labute approximate surface area is 118 Å². The number of unbranched alkanes of at least 4 members (excludes halogenated alkanes) is 3. The van der Waals surface area contributed by atoms with Crippen molar-refractivity contribution in [3.05, 3.63) is 0 Å². The molecular formula is C15H31N3O. The van der Waals surface area contributed by atoms with E-state index in [-0.39, 0.29) is 5.91 Å². The van der Waals surface area contributed by atoms with Gasteiger partial charge in [-0.3, -0.25) is 4.79 Å². The summed E-state index contributed by atoms with van der Waals surface area (Å²) in [4.78, 5) is 15.9. The van der Waals surface area contributed by atoms with Crippen LogP contribution < -0.4 is 5.73 Å². The van der Waals surface area contributed by atoms with Gasteiger partial charge < -0.3 is 15.5 Å². The van der Waals surface area contributed by atoms with E-state index < -0.39 is 0 Å². The number of carbonyl (C=O) groups excluding carboxylic acids is 1. The molecule has 1 heterocycles. The maximum atomic E-state index is 11.5. The lowest BCUT2D eigenvalue weighted by Gasteiger charge is -2.26. The second-order valence-corrected chi connectivity index (χ2v) is 5.67. The summed E-state index contributed by atoms with van der Waals surface area (Å²) in [6, 6.07) is 0. The van der Waals surface area contributed by atoms with Crippen LogP contribution in [0.2, 0.25) is 0 Å². The number of carbonyl (C=O) groups is 1. The topological polar surface area (TPSA) is 49.6 Å². The van der Waals surface area contributed by atoms with E-state index in [1.165, 1.54) is 58.2 Å². The highest BCUT2D eigenvalue weighted by Crippen LogP contribution is 2.10. The third-order valence-corrected chi connectivity index (χ3v) is 3.95. The van der Waals surface area contributed by atoms with Crippen LogP contribution in [-0.2, 0) is 4.79 Å². The van der Waals surface area contributed by atoms with Gasteiger partial charge in [0.1, 0.15) is 0 Å². The van der Waals surface area contributed by atoms with Crippen LogP contribution >= 0.6 is 0 Å². The van der Waals surface area contributed by atoms with E-state index in [4.69, 9.17) is 5.73 Å². The summed E-state index contributed by atoms with van der Waals surface area (Å²) in [5.41, 5.74) is 5.38. The minimum Gasteiger partial charge on any atom is -0.346 e. The van der Waals surface area contributed by atoms with Gasteiger partial charge in [0.25, 0.3) is 0 Å². The molecule has 1 rings (SSSR count).